The lowest BCUT2D eigenvalue weighted by Crippen LogP contribution is -2.48. The summed E-state index contributed by atoms with van der Waals surface area (Å²) in [6.45, 7) is 5.09. The molecule has 30 heavy (non-hydrogen) atoms. The summed E-state index contributed by atoms with van der Waals surface area (Å²) in [6, 6.07) is 17.6. The number of carbonyl (C=O) groups is 1. The molecule has 2 aromatic rings. The Morgan fingerprint density at radius 2 is 1.77 bits per heavy atom. The van der Waals surface area contributed by atoms with Crippen LogP contribution >= 0.6 is 0 Å². The van der Waals surface area contributed by atoms with E-state index in [1.807, 2.05) is 42.5 Å². The topological polar surface area (TPSA) is 76.8 Å². The van der Waals surface area contributed by atoms with Crippen molar-refractivity contribution in [2.75, 3.05) is 19.6 Å². The van der Waals surface area contributed by atoms with Crippen LogP contribution in [0.5, 0.6) is 0 Å². The highest BCUT2D eigenvalue weighted by Crippen LogP contribution is 2.23. The molecule has 1 saturated heterocycles. The van der Waals surface area contributed by atoms with Gasteiger partial charge in [0, 0.05) is 6.54 Å². The monoisotopic (exact) mass is 411 g/mol. The molecule has 6 heteroatoms. The maximum absolute atomic E-state index is 12.5. The number of nitrogens with two attached hydrogens (primary N) is 1. The van der Waals surface area contributed by atoms with Gasteiger partial charge in [0.2, 0.25) is 0 Å². The van der Waals surface area contributed by atoms with Crippen molar-refractivity contribution >= 4 is 6.09 Å². The van der Waals surface area contributed by atoms with Crippen LogP contribution in [0.25, 0.3) is 0 Å². The number of ether oxygens (including phenoxy) is 1. The van der Waals surface area contributed by atoms with E-state index in [4.69, 9.17) is 15.5 Å². The van der Waals surface area contributed by atoms with E-state index in [0.29, 0.717) is 6.54 Å². The summed E-state index contributed by atoms with van der Waals surface area (Å²) in [5, 5.41) is 3.00. The molecule has 1 amide bonds. The van der Waals surface area contributed by atoms with Crippen molar-refractivity contribution in [3.8, 4) is 0 Å². The molecule has 1 heterocycles. The molecule has 162 valence electrons. The van der Waals surface area contributed by atoms with E-state index in [1.54, 1.807) is 0 Å². The molecule has 2 atom stereocenters. The lowest BCUT2D eigenvalue weighted by Gasteiger charge is -2.30. The van der Waals surface area contributed by atoms with Crippen molar-refractivity contribution in [1.82, 2.24) is 10.2 Å². The third kappa shape index (κ3) is 6.55. The third-order valence-corrected chi connectivity index (χ3v) is 5.53. The summed E-state index contributed by atoms with van der Waals surface area (Å²) in [5.74, 6) is 5.71. The molecule has 0 unspecified atom stereocenters. The van der Waals surface area contributed by atoms with Gasteiger partial charge in [-0.25, -0.2) is 10.7 Å². The second kappa shape index (κ2) is 11.7. The van der Waals surface area contributed by atoms with Gasteiger partial charge in [0.1, 0.15) is 12.7 Å². The van der Waals surface area contributed by atoms with E-state index in [2.05, 4.69) is 29.3 Å². The van der Waals surface area contributed by atoms with Crippen LogP contribution in [0.3, 0.4) is 0 Å². The van der Waals surface area contributed by atoms with Gasteiger partial charge in [-0.15, -0.1) is 0 Å². The summed E-state index contributed by atoms with van der Waals surface area (Å²) in [7, 11) is 0. The molecule has 1 aliphatic heterocycles. The first-order chi connectivity index (χ1) is 14.7. The molecule has 3 N–H and O–H groups in total. The van der Waals surface area contributed by atoms with Gasteiger partial charge in [-0.1, -0.05) is 67.9 Å². The number of benzene rings is 2. The minimum absolute atomic E-state index is 0.225. The molecular weight excluding hydrogens is 378 g/mol. The summed E-state index contributed by atoms with van der Waals surface area (Å²) < 4.78 is 5.44. The Hall–Kier alpha value is -2.41. The van der Waals surface area contributed by atoms with Crippen LogP contribution in [0.4, 0.5) is 4.79 Å². The predicted molar refractivity (Wildman–Crippen MR) is 118 cm³/mol. The molecule has 1 fully saturated rings. The van der Waals surface area contributed by atoms with Gasteiger partial charge >= 0.3 is 6.09 Å². The first-order valence-electron chi connectivity index (χ1n) is 10.8. The molecule has 0 aliphatic carbocycles. The van der Waals surface area contributed by atoms with Gasteiger partial charge in [-0.2, -0.15) is 0 Å². The largest absolute Gasteiger partial charge is 0.445 e. The van der Waals surface area contributed by atoms with Crippen molar-refractivity contribution in [1.29, 1.82) is 0 Å². The zero-order valence-electron chi connectivity index (χ0n) is 17.8. The van der Waals surface area contributed by atoms with Crippen molar-refractivity contribution in [2.45, 2.75) is 51.4 Å². The summed E-state index contributed by atoms with van der Waals surface area (Å²) >= 11 is 0. The number of hydrogen-bond donors (Lipinski definition) is 2. The lowest BCUT2D eigenvalue weighted by molar-refractivity contribution is 0.0142. The Kier molecular flexibility index (Phi) is 8.68. The fraction of sp³-hybridized carbons (Fsp3) is 0.458. The highest BCUT2D eigenvalue weighted by Gasteiger charge is 2.29. The Morgan fingerprint density at radius 3 is 2.40 bits per heavy atom. The van der Waals surface area contributed by atoms with E-state index < -0.39 is 12.2 Å². The third-order valence-electron chi connectivity index (χ3n) is 5.53. The number of aryl methyl sites for hydroxylation is 1. The number of rotatable bonds is 10. The molecule has 0 saturated carbocycles. The highest BCUT2D eigenvalue weighted by molar-refractivity contribution is 5.67. The van der Waals surface area contributed by atoms with Gasteiger partial charge in [0.15, 0.2) is 0 Å². The second-order valence-electron chi connectivity index (χ2n) is 7.87. The van der Waals surface area contributed by atoms with Crippen LogP contribution in [-0.4, -0.2) is 36.7 Å². The number of nitrogens with zero attached hydrogens (tertiary/aromatic N) is 1. The van der Waals surface area contributed by atoms with Gasteiger partial charge in [0.05, 0.1) is 6.04 Å². The van der Waals surface area contributed by atoms with Crippen molar-refractivity contribution in [3.63, 3.8) is 0 Å². The Bertz CT molecular complexity index is 761. The Morgan fingerprint density at radius 1 is 1.07 bits per heavy atom. The summed E-state index contributed by atoms with van der Waals surface area (Å²) in [6.07, 6.45) is 3.56. The fourth-order valence-electron chi connectivity index (χ4n) is 3.94. The molecule has 3 rings (SSSR count). The molecule has 0 radical (unpaired) electrons. The van der Waals surface area contributed by atoms with Gasteiger partial charge < -0.3 is 15.0 Å². The molecule has 1 aliphatic rings. The maximum Gasteiger partial charge on any atom is 0.407 e. The standard InChI is InChI=1S/C24H33N3O3/c1-2-8-19-11-13-21(14-12-19)23(30-25)22(17-27-15-6-7-16-27)26-24(28)29-18-20-9-4-3-5-10-20/h3-5,9-14,22-23H,2,6-8,15-18,25H2,1H3,(H,26,28)/t22-,23-/m1/s1. The lowest BCUT2D eigenvalue weighted by atomic mass is 9.99. The number of hydrogen-bond acceptors (Lipinski definition) is 5. The first kappa shape index (κ1) is 22.3. The Labute approximate surface area is 179 Å². The van der Waals surface area contributed by atoms with Crippen molar-refractivity contribution in [2.24, 2.45) is 5.90 Å². The van der Waals surface area contributed by atoms with Crippen LogP contribution < -0.4 is 11.2 Å². The van der Waals surface area contributed by atoms with Gasteiger partial charge in [-0.3, -0.25) is 4.84 Å². The Balaban J connectivity index is 1.68. The maximum atomic E-state index is 12.5. The predicted octanol–water partition coefficient (Wildman–Crippen LogP) is 3.96. The zero-order valence-corrected chi connectivity index (χ0v) is 17.8. The van der Waals surface area contributed by atoms with Gasteiger partial charge in [0.25, 0.3) is 0 Å². The smallest absolute Gasteiger partial charge is 0.407 e. The molecule has 0 bridgehead atoms. The number of alkyl carbamates (subject to hydrolysis) is 1. The minimum Gasteiger partial charge on any atom is -0.445 e. The highest BCUT2D eigenvalue weighted by atomic mass is 16.6. The van der Waals surface area contributed by atoms with Crippen LogP contribution in [0, 0.1) is 0 Å². The number of amides is 1. The van der Waals surface area contributed by atoms with E-state index in [1.165, 1.54) is 18.4 Å². The van der Waals surface area contributed by atoms with Crippen LogP contribution in [-0.2, 0) is 22.6 Å². The summed E-state index contributed by atoms with van der Waals surface area (Å²) in [5.41, 5.74) is 3.18. The average Bonchev–Trinajstić information content (AvgIpc) is 3.28. The number of likely N-dealkylation sites (tertiary alicyclic amines) is 1. The van der Waals surface area contributed by atoms with Crippen molar-refractivity contribution < 1.29 is 14.4 Å². The number of nitrogens with one attached hydrogen (secondary N) is 1. The molecule has 0 aromatic heterocycles. The van der Waals surface area contributed by atoms with E-state index in [9.17, 15) is 4.79 Å². The normalized spacial score (nSPS) is 16.2. The molecule has 2 aromatic carbocycles. The molecule has 0 spiro atoms. The fourth-order valence-corrected chi connectivity index (χ4v) is 3.94. The second-order valence-corrected chi connectivity index (χ2v) is 7.87. The van der Waals surface area contributed by atoms with E-state index in [0.717, 1.165) is 37.1 Å². The van der Waals surface area contributed by atoms with Crippen LogP contribution in [0.1, 0.15) is 49.0 Å². The molecule has 6 nitrogen and oxygen atoms in total. The van der Waals surface area contributed by atoms with E-state index >= 15 is 0 Å². The quantitative estimate of drug-likeness (QED) is 0.579. The first-order valence-corrected chi connectivity index (χ1v) is 10.8. The van der Waals surface area contributed by atoms with Crippen LogP contribution in [0.2, 0.25) is 0 Å². The van der Waals surface area contributed by atoms with Crippen LogP contribution in [0.15, 0.2) is 54.6 Å². The van der Waals surface area contributed by atoms with E-state index in [-0.39, 0.29) is 12.6 Å². The zero-order chi connectivity index (χ0) is 21.2. The average molecular weight is 412 g/mol. The molecular formula is C24H33N3O3. The van der Waals surface area contributed by atoms with Gasteiger partial charge in [-0.05, 0) is 49.0 Å². The SMILES string of the molecule is CCCc1ccc([C@@H](ON)[C@@H](CN2CCCC2)NC(=O)OCc2ccccc2)cc1. The summed E-state index contributed by atoms with van der Waals surface area (Å²) in [4.78, 5) is 20.3. The number of carbonyl (C=O) groups excluding carboxylic acids is 1. The van der Waals surface area contributed by atoms with Crippen molar-refractivity contribution in [3.05, 3.63) is 71.3 Å². The minimum atomic E-state index is -0.465.